The highest BCUT2D eigenvalue weighted by Crippen LogP contribution is 2.41. The van der Waals surface area contributed by atoms with E-state index in [4.69, 9.17) is 28.9 Å². The van der Waals surface area contributed by atoms with Crippen LogP contribution in [0, 0.1) is 0 Å². The number of rotatable bonds is 3. The minimum atomic E-state index is -0.414. The molecule has 1 aromatic carbocycles. The van der Waals surface area contributed by atoms with Crippen molar-refractivity contribution in [2.45, 2.75) is 34.9 Å². The van der Waals surface area contributed by atoms with Crippen LogP contribution in [0.25, 0.3) is 0 Å². The Labute approximate surface area is 115 Å². The third-order valence-corrected chi connectivity index (χ3v) is 5.10. The van der Waals surface area contributed by atoms with Gasteiger partial charge >= 0.3 is 0 Å². The monoisotopic (exact) mass is 291 g/mol. The van der Waals surface area contributed by atoms with E-state index in [0.717, 1.165) is 29.2 Å². The van der Waals surface area contributed by atoms with Crippen LogP contribution in [0.5, 0.6) is 0 Å². The molecule has 2 nitrogen and oxygen atoms in total. The third kappa shape index (κ3) is 3.30. The molecular weight excluding hydrogens is 277 g/mol. The first-order valence-corrected chi connectivity index (χ1v) is 7.17. The lowest BCUT2D eigenvalue weighted by atomic mass is 10.0. The van der Waals surface area contributed by atoms with Gasteiger partial charge in [0.05, 0.1) is 11.6 Å². The van der Waals surface area contributed by atoms with Crippen molar-refractivity contribution in [1.29, 1.82) is 0 Å². The van der Waals surface area contributed by atoms with Gasteiger partial charge in [-0.1, -0.05) is 23.2 Å². The van der Waals surface area contributed by atoms with Gasteiger partial charge in [0.1, 0.15) is 0 Å². The van der Waals surface area contributed by atoms with Gasteiger partial charge in [-0.3, -0.25) is 0 Å². The van der Waals surface area contributed by atoms with Crippen molar-refractivity contribution in [2.24, 2.45) is 5.73 Å². The summed E-state index contributed by atoms with van der Waals surface area (Å²) in [6.45, 7) is 0.0489. The molecule has 94 valence electrons. The first kappa shape index (κ1) is 13.5. The molecule has 1 saturated carbocycles. The predicted molar refractivity (Wildman–Crippen MR) is 74.0 cm³/mol. The summed E-state index contributed by atoms with van der Waals surface area (Å²) in [5, 5.41) is 11.0. The van der Waals surface area contributed by atoms with Crippen LogP contribution in [0.4, 0.5) is 0 Å². The summed E-state index contributed by atoms with van der Waals surface area (Å²) in [5.41, 5.74) is 5.63. The van der Waals surface area contributed by atoms with Gasteiger partial charge in [0.2, 0.25) is 0 Å². The lowest BCUT2D eigenvalue weighted by Crippen LogP contribution is -2.40. The molecule has 1 aromatic rings. The summed E-state index contributed by atoms with van der Waals surface area (Å²) in [6, 6.07) is 5.47. The normalized spacial score (nSPS) is 28.6. The number of aliphatic hydroxyl groups excluding tert-OH is 1. The second-order valence-corrected chi connectivity index (χ2v) is 6.76. The minimum Gasteiger partial charge on any atom is -0.394 e. The number of benzene rings is 1. The van der Waals surface area contributed by atoms with Crippen molar-refractivity contribution in [3.05, 3.63) is 28.2 Å². The molecule has 0 saturated heterocycles. The molecule has 0 aromatic heterocycles. The molecule has 0 amide bonds. The predicted octanol–water partition coefficient (Wildman–Crippen LogP) is 3.33. The largest absolute Gasteiger partial charge is 0.394 e. The van der Waals surface area contributed by atoms with Gasteiger partial charge in [-0.15, -0.1) is 11.8 Å². The first-order valence-electron chi connectivity index (χ1n) is 5.54. The molecule has 0 spiro atoms. The summed E-state index contributed by atoms with van der Waals surface area (Å²) in [5.74, 6) is 0. The molecule has 0 heterocycles. The van der Waals surface area contributed by atoms with Crippen molar-refractivity contribution < 1.29 is 5.11 Å². The fourth-order valence-corrected chi connectivity index (χ4v) is 3.97. The van der Waals surface area contributed by atoms with Crippen LogP contribution < -0.4 is 5.73 Å². The quantitative estimate of drug-likeness (QED) is 0.898. The highest BCUT2D eigenvalue weighted by Gasteiger charge is 2.35. The molecule has 1 fully saturated rings. The Kier molecular flexibility index (Phi) is 4.26. The summed E-state index contributed by atoms with van der Waals surface area (Å²) in [7, 11) is 0. The molecule has 5 heteroatoms. The van der Waals surface area contributed by atoms with Crippen molar-refractivity contribution in [2.75, 3.05) is 6.61 Å². The lowest BCUT2D eigenvalue weighted by molar-refractivity contribution is 0.200. The zero-order chi connectivity index (χ0) is 12.5. The average Bonchev–Trinajstić information content (AvgIpc) is 2.67. The fourth-order valence-electron chi connectivity index (χ4n) is 2.10. The van der Waals surface area contributed by atoms with E-state index in [1.54, 1.807) is 17.8 Å². The van der Waals surface area contributed by atoms with Crippen LogP contribution in [-0.4, -0.2) is 22.5 Å². The molecule has 2 unspecified atom stereocenters. The Bertz CT molecular complexity index is 415. The molecule has 0 aliphatic heterocycles. The second kappa shape index (κ2) is 5.37. The van der Waals surface area contributed by atoms with Gasteiger partial charge < -0.3 is 10.8 Å². The van der Waals surface area contributed by atoms with Crippen molar-refractivity contribution in [3.63, 3.8) is 0 Å². The van der Waals surface area contributed by atoms with Gasteiger partial charge in [0.15, 0.2) is 0 Å². The fraction of sp³-hybridized carbons (Fsp3) is 0.500. The van der Waals surface area contributed by atoms with E-state index in [2.05, 4.69) is 0 Å². The number of halogens is 2. The average molecular weight is 292 g/mol. The molecule has 1 aliphatic rings. The second-order valence-electron chi connectivity index (χ2n) is 4.58. The topological polar surface area (TPSA) is 46.2 Å². The van der Waals surface area contributed by atoms with Gasteiger partial charge in [-0.2, -0.15) is 0 Å². The Morgan fingerprint density at radius 2 is 2.24 bits per heavy atom. The zero-order valence-corrected chi connectivity index (χ0v) is 11.7. The summed E-state index contributed by atoms with van der Waals surface area (Å²) >= 11 is 13.8. The maximum Gasteiger partial charge on any atom is 0.0611 e. The van der Waals surface area contributed by atoms with E-state index in [1.807, 2.05) is 12.1 Å². The molecule has 17 heavy (non-hydrogen) atoms. The van der Waals surface area contributed by atoms with Crippen molar-refractivity contribution >= 4 is 35.0 Å². The van der Waals surface area contributed by atoms with Gasteiger partial charge in [0.25, 0.3) is 0 Å². The molecule has 0 bridgehead atoms. The number of hydrogen-bond donors (Lipinski definition) is 2. The van der Waals surface area contributed by atoms with Gasteiger partial charge in [-0.05, 0) is 37.5 Å². The molecule has 3 N–H and O–H groups in total. The molecular formula is C12H15Cl2NOS. The van der Waals surface area contributed by atoms with E-state index in [1.165, 1.54) is 0 Å². The summed E-state index contributed by atoms with van der Waals surface area (Å²) in [4.78, 5) is 0.992. The van der Waals surface area contributed by atoms with E-state index in [-0.39, 0.29) is 6.61 Å². The third-order valence-electron chi connectivity index (χ3n) is 3.10. The van der Waals surface area contributed by atoms with Gasteiger partial charge in [0, 0.05) is 20.7 Å². The van der Waals surface area contributed by atoms with E-state index >= 15 is 0 Å². The first-order chi connectivity index (χ1) is 8.02. The van der Waals surface area contributed by atoms with Crippen molar-refractivity contribution in [1.82, 2.24) is 0 Å². The molecule has 2 rings (SSSR count). The highest BCUT2D eigenvalue weighted by atomic mass is 35.5. The van der Waals surface area contributed by atoms with Gasteiger partial charge in [-0.25, -0.2) is 0 Å². The van der Waals surface area contributed by atoms with Crippen LogP contribution >= 0.6 is 35.0 Å². The summed E-state index contributed by atoms with van der Waals surface area (Å²) in [6.07, 6.45) is 2.68. The van der Waals surface area contributed by atoms with E-state index in [9.17, 15) is 5.11 Å². The van der Waals surface area contributed by atoms with Crippen LogP contribution in [0.3, 0.4) is 0 Å². The van der Waals surface area contributed by atoms with Crippen molar-refractivity contribution in [3.8, 4) is 0 Å². The Morgan fingerprint density at radius 3 is 2.88 bits per heavy atom. The van der Waals surface area contributed by atoms with Crippen LogP contribution in [0.2, 0.25) is 10.0 Å². The standard InChI is InChI=1S/C12H15Cl2NOS/c13-8-1-2-10(14)11(5-8)17-9-3-4-12(15,6-9)7-16/h1-2,5,9,16H,3-4,6-7,15H2. The molecule has 2 atom stereocenters. The minimum absolute atomic E-state index is 0.0489. The lowest BCUT2D eigenvalue weighted by Gasteiger charge is -2.20. The Balaban J connectivity index is 2.05. The highest BCUT2D eigenvalue weighted by molar-refractivity contribution is 8.00. The number of aliphatic hydroxyl groups is 1. The SMILES string of the molecule is NC1(CO)CCC(Sc2cc(Cl)ccc2Cl)C1. The number of nitrogens with two attached hydrogens (primary N) is 1. The van der Waals surface area contributed by atoms with Crippen LogP contribution in [-0.2, 0) is 0 Å². The smallest absolute Gasteiger partial charge is 0.0611 e. The molecule has 1 aliphatic carbocycles. The van der Waals surface area contributed by atoms with Crippen LogP contribution in [0.15, 0.2) is 23.1 Å². The summed E-state index contributed by atoms with van der Waals surface area (Å²) < 4.78 is 0. The maximum absolute atomic E-state index is 9.23. The molecule has 0 radical (unpaired) electrons. The van der Waals surface area contributed by atoms with E-state index in [0.29, 0.717) is 10.3 Å². The zero-order valence-electron chi connectivity index (χ0n) is 9.33. The Morgan fingerprint density at radius 1 is 1.47 bits per heavy atom. The van der Waals surface area contributed by atoms with Crippen LogP contribution in [0.1, 0.15) is 19.3 Å². The number of hydrogen-bond acceptors (Lipinski definition) is 3. The number of thioether (sulfide) groups is 1. The maximum atomic E-state index is 9.23. The van der Waals surface area contributed by atoms with E-state index < -0.39 is 5.54 Å². The Hall–Kier alpha value is 0.0700.